The van der Waals surface area contributed by atoms with Gasteiger partial charge in [-0.25, -0.2) is 13.6 Å². The van der Waals surface area contributed by atoms with E-state index in [4.69, 9.17) is 54.1 Å². The van der Waals surface area contributed by atoms with Crippen molar-refractivity contribution in [2.75, 3.05) is 97.6 Å². The number of ether oxygens (including phenoxy) is 9. The number of Topliss-reactive ketones (excluding diaryl/α,β-unsaturated/α-hetero) is 1. The monoisotopic (exact) mass is 1630 g/mol. The molecule has 8 aliphatic rings. The van der Waals surface area contributed by atoms with E-state index < -0.39 is 198 Å². The Morgan fingerprint density at radius 3 is 2.06 bits per heavy atom. The first-order valence-electron chi connectivity index (χ1n) is 40.0. The summed E-state index contributed by atoms with van der Waals surface area (Å²) in [5.41, 5.74) is 5.78. The highest BCUT2D eigenvalue weighted by Crippen LogP contribution is 2.72. The molecule has 0 radical (unpaired) electrons. The SMILES string of the molecule is CCCC1O[C@@H]2C[C@H]3[C@@H]4C[C@H](F)C5=CC(=O)C=C[C@]5(C)[C@@]4(F)[C@@H](O)C[C@]3(C)[C@]2(C(=O)COc2ccc(NC(=O)[C@H](CCCNC(N)=O)NC(=O)[C@@H](NC(=O)[C@@H](CCCCNC(=O)COC3CCCCCC(N[C@@H]4O[C@H](CO)[C@H](O)[C@H](O)[C@H]4O)=C3N)NC(=O)CCOCCOCCOCCOCCN3C(=O)C=CC3=O)C(C)C)cc2)O1. The number of allylic oxidation sites excluding steroid dienone is 5. The third-order valence-corrected chi connectivity index (χ3v) is 23.3. The van der Waals surface area contributed by atoms with E-state index in [0.29, 0.717) is 44.2 Å². The Morgan fingerprint density at radius 2 is 1.39 bits per heavy atom. The fourth-order valence-electron chi connectivity index (χ4n) is 17.1. The van der Waals surface area contributed by atoms with Crippen LogP contribution in [0.15, 0.2) is 71.6 Å². The number of amides is 9. The van der Waals surface area contributed by atoms with Crippen LogP contribution in [0.2, 0.25) is 0 Å². The standard InChI is InChI=1S/C79H116F2N10O24/c1-6-13-65-114-60-40-49-50-39-52(80)51-38-47(93)24-26-76(51,4)78(50,81)58(94)41-77(49,5)79(60,115-65)59(95)43-111-48-20-18-46(19-21-48)86-71(103)55(16-12-28-85-75(83)106)88-73(105)67(45(2)3)90-72(104)54(87-61(96)25-30-107-32-34-109-36-37-110-35-33-108-31-29-91-63(98)22-23-64(91)99)15-10-11-27-84-62(97)44-112-56-17-9-7-8-14-53(66(56)82)89-74-70(102)69(101)68(100)57(42-92)113-74/h18-24,26,38,45,49-50,52,54-58,60,65,67-70,74,89,92,94,100-102H,6-17,25,27-37,39-44,82H2,1-5H3,(H,84,97)(H,86,103)(H,87,96)(H,88,105)(H,90,104)(H3,83,85,106)/t49-,50-,52-,54+,55-,56?,57+,58-,60+,65?,67-,68-,69-,70+,74+,76-,77-,78-,79+/m0/s1. The summed E-state index contributed by atoms with van der Waals surface area (Å²) in [6.45, 7) is 8.46. The summed E-state index contributed by atoms with van der Waals surface area (Å²) in [5, 5.41) is 72.5. The van der Waals surface area contributed by atoms with Crippen molar-refractivity contribution in [3.63, 3.8) is 0 Å². The van der Waals surface area contributed by atoms with Crippen molar-refractivity contribution in [3.05, 3.63) is 71.6 Å². The summed E-state index contributed by atoms with van der Waals surface area (Å²) in [7, 11) is 0. The van der Waals surface area contributed by atoms with E-state index in [1.807, 2.05) is 6.92 Å². The van der Waals surface area contributed by atoms with E-state index in [1.54, 1.807) is 20.8 Å². The van der Waals surface area contributed by atoms with Gasteiger partial charge in [-0.05, 0) is 138 Å². The number of aliphatic hydroxyl groups excluding tert-OH is 5. The molecule has 3 aliphatic heterocycles. The lowest BCUT2D eigenvalue weighted by Crippen LogP contribution is -2.71. The Morgan fingerprint density at radius 1 is 0.730 bits per heavy atom. The molecule has 9 rings (SSSR count). The van der Waals surface area contributed by atoms with Gasteiger partial charge in [0.1, 0.15) is 67.7 Å². The van der Waals surface area contributed by atoms with Crippen LogP contribution < -0.4 is 53.4 Å². The molecule has 1 aromatic rings. The van der Waals surface area contributed by atoms with Gasteiger partial charge < -0.3 is 117 Å². The molecule has 0 bridgehead atoms. The number of nitrogens with zero attached hydrogens (tertiary/aromatic N) is 1. The molecule has 115 heavy (non-hydrogen) atoms. The van der Waals surface area contributed by atoms with Crippen molar-refractivity contribution in [1.29, 1.82) is 0 Å². The summed E-state index contributed by atoms with van der Waals surface area (Å²) >= 11 is 0. The van der Waals surface area contributed by atoms with Crippen LogP contribution in [0.4, 0.5) is 19.3 Å². The number of anilines is 1. The fraction of sp³-hybridized carbons (Fsp3) is 0.696. The molecule has 5 fully saturated rings. The number of ketones is 2. The number of aliphatic hydroxyl groups is 5. The smallest absolute Gasteiger partial charge is 0.312 e. The maximum Gasteiger partial charge on any atom is 0.312 e. The Kier molecular flexibility index (Phi) is 33.1. The van der Waals surface area contributed by atoms with Crippen LogP contribution in [0.3, 0.4) is 0 Å². The molecule has 19 atom stereocenters. The van der Waals surface area contributed by atoms with Gasteiger partial charge >= 0.3 is 6.03 Å². The highest BCUT2D eigenvalue weighted by Gasteiger charge is 2.80. The first-order chi connectivity index (χ1) is 54.9. The minimum absolute atomic E-state index is 0.0182. The van der Waals surface area contributed by atoms with Gasteiger partial charge in [-0.1, -0.05) is 53.0 Å². The zero-order chi connectivity index (χ0) is 83.4. The van der Waals surface area contributed by atoms with Gasteiger partial charge in [0.25, 0.3) is 11.8 Å². The van der Waals surface area contributed by atoms with E-state index in [0.717, 1.165) is 23.8 Å². The Labute approximate surface area is 666 Å². The third-order valence-electron chi connectivity index (χ3n) is 23.3. The number of nitrogens with one attached hydrogen (secondary N) is 7. The lowest BCUT2D eigenvalue weighted by Gasteiger charge is -2.63. The fourth-order valence-corrected chi connectivity index (χ4v) is 17.1. The quantitative estimate of drug-likeness (QED) is 0.0319. The molecule has 3 saturated carbocycles. The summed E-state index contributed by atoms with van der Waals surface area (Å²) in [6, 6.07) is 1.31. The average Bonchev–Trinajstić information content (AvgIpc) is 1.56. The number of hydrogen-bond donors (Lipinski definition) is 14. The van der Waals surface area contributed by atoms with Crippen LogP contribution in [0.25, 0.3) is 0 Å². The number of primary amides is 1. The molecular formula is C79H116F2N10O24. The number of unbranched alkanes of at least 4 members (excludes halogenated alkanes) is 1. The van der Waals surface area contributed by atoms with Gasteiger partial charge in [0, 0.05) is 59.8 Å². The lowest BCUT2D eigenvalue weighted by atomic mass is 9.44. The Balaban J connectivity index is 0.793. The second-order valence-electron chi connectivity index (χ2n) is 31.3. The van der Waals surface area contributed by atoms with Crippen LogP contribution in [0.1, 0.15) is 137 Å². The second kappa shape index (κ2) is 41.9. The molecule has 0 spiro atoms. The largest absolute Gasteiger partial charge is 0.486 e. The first-order valence-corrected chi connectivity index (χ1v) is 40.0. The van der Waals surface area contributed by atoms with E-state index in [1.165, 1.54) is 55.5 Å². The van der Waals surface area contributed by atoms with Crippen molar-refractivity contribution >= 4 is 64.6 Å². The second-order valence-corrected chi connectivity index (χ2v) is 31.3. The average molecular weight is 1630 g/mol. The number of fused-ring (bicyclic) bond motifs is 7. The van der Waals surface area contributed by atoms with Crippen molar-refractivity contribution in [1.82, 2.24) is 36.8 Å². The van der Waals surface area contributed by atoms with Crippen LogP contribution in [-0.4, -0.2) is 273 Å². The number of benzene rings is 1. The Bertz CT molecular complexity index is 3670. The number of carbonyl (C=O) groups excluding carboxylic acids is 10. The summed E-state index contributed by atoms with van der Waals surface area (Å²) < 4.78 is 87.5. The number of imide groups is 1. The third kappa shape index (κ3) is 22.1. The predicted octanol–water partition coefficient (Wildman–Crippen LogP) is 0.918. The van der Waals surface area contributed by atoms with Gasteiger partial charge in [-0.3, -0.25) is 48.1 Å². The number of alkyl halides is 2. The topological polar surface area (TPSA) is 494 Å². The molecule has 2 saturated heterocycles. The molecule has 5 aliphatic carbocycles. The molecular weight excluding hydrogens is 1510 g/mol. The number of nitrogens with two attached hydrogens (primary N) is 2. The molecule has 0 aromatic heterocycles. The summed E-state index contributed by atoms with van der Waals surface area (Å²) in [4.78, 5) is 134. The van der Waals surface area contributed by atoms with Crippen molar-refractivity contribution < 1.29 is 125 Å². The number of halogens is 2. The molecule has 640 valence electrons. The first kappa shape index (κ1) is 90.9. The van der Waals surface area contributed by atoms with Crippen LogP contribution >= 0.6 is 0 Å². The van der Waals surface area contributed by atoms with Crippen LogP contribution in [0.5, 0.6) is 5.75 Å². The zero-order valence-corrected chi connectivity index (χ0v) is 66.0. The minimum atomic E-state index is -2.40. The Hall–Kier alpha value is -7.98. The number of rotatable bonds is 44. The molecule has 3 heterocycles. The van der Waals surface area contributed by atoms with Crippen molar-refractivity contribution in [3.8, 4) is 5.75 Å². The van der Waals surface area contributed by atoms with Gasteiger partial charge in [-0.15, -0.1) is 0 Å². The molecule has 34 nitrogen and oxygen atoms in total. The van der Waals surface area contributed by atoms with Gasteiger partial charge in [0.2, 0.25) is 35.3 Å². The zero-order valence-electron chi connectivity index (χ0n) is 66.0. The summed E-state index contributed by atoms with van der Waals surface area (Å²) in [5.74, 6) is -7.31. The highest BCUT2D eigenvalue weighted by atomic mass is 19.1. The van der Waals surface area contributed by atoms with Crippen LogP contribution in [0, 0.1) is 28.6 Å². The number of urea groups is 1. The normalized spacial score (nSPS) is 30.4. The molecule has 1 aromatic carbocycles. The minimum Gasteiger partial charge on any atom is -0.486 e. The van der Waals surface area contributed by atoms with Gasteiger partial charge in [0.05, 0.1) is 90.0 Å². The molecule has 2 unspecified atom stereocenters. The van der Waals surface area contributed by atoms with Crippen LogP contribution in [-0.2, 0) is 81.0 Å². The van der Waals surface area contributed by atoms with Gasteiger partial charge in [0.15, 0.2) is 29.6 Å². The maximum absolute atomic E-state index is 18.1. The van der Waals surface area contributed by atoms with Crippen molar-refractivity contribution in [2.45, 2.75) is 228 Å². The van der Waals surface area contributed by atoms with E-state index >= 15 is 13.6 Å². The maximum atomic E-state index is 18.1. The van der Waals surface area contributed by atoms with E-state index in [-0.39, 0.29) is 147 Å². The van der Waals surface area contributed by atoms with Gasteiger partial charge in [-0.2, -0.15) is 0 Å². The highest BCUT2D eigenvalue weighted by molar-refractivity contribution is 6.13. The predicted molar refractivity (Wildman–Crippen MR) is 406 cm³/mol. The molecule has 36 heteroatoms. The lowest BCUT2D eigenvalue weighted by molar-refractivity contribution is -0.234. The molecule has 16 N–H and O–H groups in total. The number of hydrogen-bond acceptors (Lipinski definition) is 26. The summed E-state index contributed by atoms with van der Waals surface area (Å²) in [6.07, 6.45) is -2.74. The van der Waals surface area contributed by atoms with E-state index in [9.17, 15) is 68.7 Å². The number of carbonyl (C=O) groups is 10. The van der Waals surface area contributed by atoms with Crippen molar-refractivity contribution in [2.24, 2.45) is 40.1 Å². The van der Waals surface area contributed by atoms with E-state index in [2.05, 4.69) is 37.2 Å². The molecule has 9 amide bonds.